The van der Waals surface area contributed by atoms with Gasteiger partial charge in [-0.05, 0) is 49.5 Å². The summed E-state index contributed by atoms with van der Waals surface area (Å²) in [5.74, 6) is 1.10. The minimum absolute atomic E-state index is 0.0279. The second-order valence-corrected chi connectivity index (χ2v) is 5.69. The molecule has 3 nitrogen and oxygen atoms in total. The molecule has 4 heteroatoms. The van der Waals surface area contributed by atoms with Gasteiger partial charge in [-0.25, -0.2) is 0 Å². The summed E-state index contributed by atoms with van der Waals surface area (Å²) >= 11 is 1.81. The van der Waals surface area contributed by atoms with Gasteiger partial charge in [0.05, 0.1) is 0 Å². The van der Waals surface area contributed by atoms with E-state index >= 15 is 0 Å². The third-order valence-corrected chi connectivity index (χ3v) is 3.86. The van der Waals surface area contributed by atoms with Crippen molar-refractivity contribution in [3.05, 3.63) is 29.3 Å². The molecule has 1 aromatic rings. The van der Waals surface area contributed by atoms with Gasteiger partial charge in [0.25, 0.3) is 5.91 Å². The van der Waals surface area contributed by atoms with Gasteiger partial charge in [0.2, 0.25) is 0 Å². The van der Waals surface area contributed by atoms with Gasteiger partial charge in [-0.1, -0.05) is 6.07 Å². The smallest absolute Gasteiger partial charge is 0.251 e. The minimum atomic E-state index is 0.0279. The largest absolute Gasteiger partial charge is 0.384 e. The van der Waals surface area contributed by atoms with Gasteiger partial charge >= 0.3 is 0 Å². The predicted molar refractivity (Wildman–Crippen MR) is 78.6 cm³/mol. The first kappa shape index (κ1) is 13.3. The molecule has 1 aromatic carbocycles. The first-order chi connectivity index (χ1) is 8.70. The molecule has 1 aliphatic rings. The summed E-state index contributed by atoms with van der Waals surface area (Å²) in [4.78, 5) is 12.1. The normalized spacial score (nSPS) is 14.8. The summed E-state index contributed by atoms with van der Waals surface area (Å²) in [6.45, 7) is 3.03. The molecule has 0 fully saturated rings. The van der Waals surface area contributed by atoms with Gasteiger partial charge in [0, 0.05) is 23.8 Å². The number of carbonyl (C=O) groups excluding carboxylic acids is 1. The Morgan fingerprint density at radius 2 is 2.39 bits per heavy atom. The topological polar surface area (TPSA) is 41.1 Å². The molecule has 1 amide bonds. The summed E-state index contributed by atoms with van der Waals surface area (Å²) in [5, 5.41) is 6.34. The molecule has 0 radical (unpaired) electrons. The Morgan fingerprint density at radius 1 is 1.56 bits per heavy atom. The van der Waals surface area contributed by atoms with E-state index in [1.807, 2.05) is 23.9 Å². The molecule has 0 saturated carbocycles. The number of anilines is 1. The SMILES string of the molecule is CSCCC(C)NC(=O)c1ccc2c(c1)NCC2. The maximum absolute atomic E-state index is 12.1. The zero-order valence-electron chi connectivity index (χ0n) is 11.0. The van der Waals surface area contributed by atoms with Gasteiger partial charge in [-0.3, -0.25) is 4.79 Å². The highest BCUT2D eigenvalue weighted by atomic mass is 32.2. The molecule has 1 heterocycles. The zero-order valence-corrected chi connectivity index (χ0v) is 11.8. The van der Waals surface area contributed by atoms with Gasteiger partial charge < -0.3 is 10.6 Å². The lowest BCUT2D eigenvalue weighted by molar-refractivity contribution is 0.0939. The summed E-state index contributed by atoms with van der Waals surface area (Å²) in [5.41, 5.74) is 3.17. The summed E-state index contributed by atoms with van der Waals surface area (Å²) < 4.78 is 0. The Kier molecular flexibility index (Phi) is 4.53. The molecule has 18 heavy (non-hydrogen) atoms. The van der Waals surface area contributed by atoms with Crippen LogP contribution in [0.3, 0.4) is 0 Å². The van der Waals surface area contributed by atoms with Crippen LogP contribution in [0.2, 0.25) is 0 Å². The number of amides is 1. The molecule has 0 aromatic heterocycles. The van der Waals surface area contributed by atoms with Crippen LogP contribution in [0.4, 0.5) is 5.69 Å². The van der Waals surface area contributed by atoms with Crippen molar-refractivity contribution >= 4 is 23.4 Å². The van der Waals surface area contributed by atoms with Crippen molar-refractivity contribution < 1.29 is 4.79 Å². The first-order valence-electron chi connectivity index (χ1n) is 6.37. The fourth-order valence-corrected chi connectivity index (χ4v) is 2.70. The molecule has 0 saturated heterocycles. The highest BCUT2D eigenvalue weighted by molar-refractivity contribution is 7.98. The zero-order chi connectivity index (χ0) is 13.0. The highest BCUT2D eigenvalue weighted by Gasteiger charge is 2.14. The highest BCUT2D eigenvalue weighted by Crippen LogP contribution is 2.23. The van der Waals surface area contributed by atoms with Gasteiger partial charge in [0.1, 0.15) is 0 Å². The lowest BCUT2D eigenvalue weighted by atomic mass is 10.1. The Bertz CT molecular complexity index is 434. The van der Waals surface area contributed by atoms with Crippen molar-refractivity contribution in [3.63, 3.8) is 0 Å². The molecular formula is C14H20N2OS. The molecule has 1 aliphatic heterocycles. The number of benzene rings is 1. The molecule has 0 spiro atoms. The molecule has 2 rings (SSSR count). The number of carbonyl (C=O) groups is 1. The average molecular weight is 264 g/mol. The molecule has 0 aliphatic carbocycles. The molecule has 0 bridgehead atoms. The number of rotatable bonds is 5. The Morgan fingerprint density at radius 3 is 3.17 bits per heavy atom. The van der Waals surface area contributed by atoms with Crippen LogP contribution in [0.5, 0.6) is 0 Å². The fourth-order valence-electron chi connectivity index (χ4n) is 2.11. The minimum Gasteiger partial charge on any atom is -0.384 e. The van der Waals surface area contributed by atoms with E-state index < -0.39 is 0 Å². The van der Waals surface area contributed by atoms with Crippen LogP contribution in [-0.4, -0.2) is 30.5 Å². The summed E-state index contributed by atoms with van der Waals surface area (Å²) in [7, 11) is 0. The maximum atomic E-state index is 12.1. The molecule has 1 atom stereocenters. The van der Waals surface area contributed by atoms with Crippen LogP contribution in [0.25, 0.3) is 0 Å². The van der Waals surface area contributed by atoms with E-state index in [-0.39, 0.29) is 11.9 Å². The third-order valence-electron chi connectivity index (χ3n) is 3.21. The number of fused-ring (bicyclic) bond motifs is 1. The standard InChI is InChI=1S/C14H20N2OS/c1-10(6-8-18-2)16-14(17)12-4-3-11-5-7-15-13(11)9-12/h3-4,9-10,15H,5-8H2,1-2H3,(H,16,17). The second kappa shape index (κ2) is 6.14. The van der Waals surface area contributed by atoms with Gasteiger partial charge in [-0.15, -0.1) is 0 Å². The van der Waals surface area contributed by atoms with Crippen molar-refractivity contribution in [1.29, 1.82) is 0 Å². The van der Waals surface area contributed by atoms with E-state index in [0.717, 1.165) is 36.4 Å². The van der Waals surface area contributed by atoms with Crippen molar-refractivity contribution in [2.45, 2.75) is 25.8 Å². The van der Waals surface area contributed by atoms with Gasteiger partial charge in [0.15, 0.2) is 0 Å². The van der Waals surface area contributed by atoms with Crippen LogP contribution < -0.4 is 10.6 Å². The number of nitrogens with one attached hydrogen (secondary N) is 2. The quantitative estimate of drug-likeness (QED) is 0.858. The van der Waals surface area contributed by atoms with E-state index in [0.29, 0.717) is 0 Å². The van der Waals surface area contributed by atoms with Crippen molar-refractivity contribution in [1.82, 2.24) is 5.32 Å². The Hall–Kier alpha value is -1.16. The van der Waals surface area contributed by atoms with E-state index in [1.165, 1.54) is 5.56 Å². The van der Waals surface area contributed by atoms with E-state index in [9.17, 15) is 4.79 Å². The van der Waals surface area contributed by atoms with Crippen molar-refractivity contribution in [2.24, 2.45) is 0 Å². The molecule has 1 unspecified atom stereocenters. The summed E-state index contributed by atoms with van der Waals surface area (Å²) in [6, 6.07) is 6.16. The van der Waals surface area contributed by atoms with Gasteiger partial charge in [-0.2, -0.15) is 11.8 Å². The van der Waals surface area contributed by atoms with E-state index in [2.05, 4.69) is 29.9 Å². The van der Waals surface area contributed by atoms with E-state index in [4.69, 9.17) is 0 Å². The van der Waals surface area contributed by atoms with Crippen molar-refractivity contribution in [3.8, 4) is 0 Å². The van der Waals surface area contributed by atoms with E-state index in [1.54, 1.807) is 0 Å². The Balaban J connectivity index is 1.96. The predicted octanol–water partition coefficient (Wildman–Crippen LogP) is 2.53. The Labute approximate surface area is 113 Å². The fraction of sp³-hybridized carbons (Fsp3) is 0.500. The van der Waals surface area contributed by atoms with Crippen LogP contribution in [0, 0.1) is 0 Å². The average Bonchev–Trinajstić information content (AvgIpc) is 2.83. The molecular weight excluding hydrogens is 244 g/mol. The lowest BCUT2D eigenvalue weighted by Gasteiger charge is -2.13. The maximum Gasteiger partial charge on any atom is 0.251 e. The number of thioether (sulfide) groups is 1. The van der Waals surface area contributed by atoms with Crippen LogP contribution in [0.15, 0.2) is 18.2 Å². The van der Waals surface area contributed by atoms with Crippen LogP contribution in [0.1, 0.15) is 29.3 Å². The van der Waals surface area contributed by atoms with Crippen molar-refractivity contribution in [2.75, 3.05) is 23.9 Å². The van der Waals surface area contributed by atoms with Crippen LogP contribution >= 0.6 is 11.8 Å². The number of hydrogen-bond acceptors (Lipinski definition) is 3. The second-order valence-electron chi connectivity index (χ2n) is 4.70. The van der Waals surface area contributed by atoms with Crippen LogP contribution in [-0.2, 0) is 6.42 Å². The molecule has 98 valence electrons. The monoisotopic (exact) mass is 264 g/mol. The summed E-state index contributed by atoms with van der Waals surface area (Å²) in [6.07, 6.45) is 4.15. The third kappa shape index (κ3) is 3.19. The lowest BCUT2D eigenvalue weighted by Crippen LogP contribution is -2.32. The number of hydrogen-bond donors (Lipinski definition) is 2. The molecule has 2 N–H and O–H groups in total. The first-order valence-corrected chi connectivity index (χ1v) is 7.76.